The number of rotatable bonds is 5. The first-order valence-corrected chi connectivity index (χ1v) is 4.28. The Bertz CT molecular complexity index is 276. The predicted molar refractivity (Wildman–Crippen MR) is 49.6 cm³/mol. The molecule has 77 valence electrons. The molecule has 0 unspecified atom stereocenters. The van der Waals surface area contributed by atoms with Gasteiger partial charge in [0.2, 0.25) is 0 Å². The van der Waals surface area contributed by atoms with Crippen molar-refractivity contribution >= 4 is 11.9 Å². The van der Waals surface area contributed by atoms with Gasteiger partial charge in [-0.25, -0.2) is 14.7 Å². The largest absolute Gasteiger partial charge is 0.428 e. The van der Waals surface area contributed by atoms with Crippen LogP contribution in [0.3, 0.4) is 0 Å². The lowest BCUT2D eigenvalue weighted by Crippen LogP contribution is -2.07. The molecule has 0 aromatic carbocycles. The van der Waals surface area contributed by atoms with Gasteiger partial charge in [0, 0.05) is 6.08 Å². The summed E-state index contributed by atoms with van der Waals surface area (Å²) in [4.78, 5) is 21.4. The van der Waals surface area contributed by atoms with Crippen molar-refractivity contribution in [2.24, 2.45) is 0 Å². The third kappa shape index (κ3) is 3.89. The lowest BCUT2D eigenvalue weighted by Gasteiger charge is -2.05. The first kappa shape index (κ1) is 12.4. The van der Waals surface area contributed by atoms with Gasteiger partial charge in [-0.15, -0.1) is 0 Å². The third-order valence-electron chi connectivity index (χ3n) is 1.59. The molecule has 0 saturated heterocycles. The quantitative estimate of drug-likeness (QED) is 0.383. The van der Waals surface area contributed by atoms with Crippen molar-refractivity contribution in [2.45, 2.75) is 26.7 Å². The van der Waals surface area contributed by atoms with E-state index in [1.54, 1.807) is 0 Å². The van der Waals surface area contributed by atoms with Crippen molar-refractivity contribution in [3.8, 4) is 0 Å². The van der Waals surface area contributed by atoms with Gasteiger partial charge in [0.25, 0.3) is 0 Å². The summed E-state index contributed by atoms with van der Waals surface area (Å²) in [6.45, 7) is 6.45. The van der Waals surface area contributed by atoms with Gasteiger partial charge in [0.05, 0.1) is 5.57 Å². The Labute approximate surface area is 82.9 Å². The molecule has 0 aromatic heterocycles. The molecule has 0 aliphatic rings. The summed E-state index contributed by atoms with van der Waals surface area (Å²) in [6.07, 6.45) is 1.94. The number of carbonyl (C=O) groups is 2. The highest BCUT2D eigenvalue weighted by atomic mass is 16.5. The number of hydrogen-bond acceptors (Lipinski definition) is 3. The Morgan fingerprint density at radius 3 is 2.36 bits per heavy atom. The van der Waals surface area contributed by atoms with Crippen LogP contribution in [0.25, 0.3) is 0 Å². The number of ether oxygens (including phenoxy) is 1. The highest BCUT2D eigenvalue weighted by Gasteiger charge is 2.14. The molecular weight excluding hydrogens is 184 g/mol. The summed E-state index contributed by atoms with van der Waals surface area (Å²) in [5.74, 6) is -1.91. The summed E-state index contributed by atoms with van der Waals surface area (Å²) in [6, 6.07) is 0. The molecule has 0 amide bonds. The molecule has 0 aromatic rings. The van der Waals surface area contributed by atoms with Crippen LogP contribution in [0.2, 0.25) is 0 Å². The zero-order valence-electron chi connectivity index (χ0n) is 8.33. The standard InChI is InChI=1S/C10H13O4/c1-4-6-8(10(12)13)7(3)14-9(11)5-2/h5H,2,4,6H2,1,3H3. The van der Waals surface area contributed by atoms with Crippen LogP contribution < -0.4 is 0 Å². The minimum absolute atomic E-state index is 0.0164. The van der Waals surface area contributed by atoms with Gasteiger partial charge < -0.3 is 4.74 Å². The van der Waals surface area contributed by atoms with Crippen LogP contribution in [-0.4, -0.2) is 11.9 Å². The number of hydrogen-bond donors (Lipinski definition) is 0. The van der Waals surface area contributed by atoms with E-state index in [1.165, 1.54) is 6.92 Å². The minimum atomic E-state index is -1.30. The van der Waals surface area contributed by atoms with Crippen molar-refractivity contribution in [2.75, 3.05) is 0 Å². The van der Waals surface area contributed by atoms with E-state index < -0.39 is 11.9 Å². The van der Waals surface area contributed by atoms with E-state index in [2.05, 4.69) is 11.3 Å². The number of esters is 1. The normalized spacial score (nSPS) is 11.6. The van der Waals surface area contributed by atoms with Crippen LogP contribution in [0.1, 0.15) is 26.7 Å². The van der Waals surface area contributed by atoms with Gasteiger partial charge in [0.15, 0.2) is 0 Å². The molecule has 4 heteroatoms. The van der Waals surface area contributed by atoms with E-state index in [0.29, 0.717) is 12.8 Å². The molecule has 1 radical (unpaired) electrons. The zero-order valence-corrected chi connectivity index (χ0v) is 8.33. The average molecular weight is 197 g/mol. The topological polar surface area (TPSA) is 63.3 Å². The van der Waals surface area contributed by atoms with Gasteiger partial charge in [-0.1, -0.05) is 19.9 Å². The number of allylic oxidation sites excluding steroid dienone is 1. The molecule has 0 saturated carbocycles. The first-order valence-electron chi connectivity index (χ1n) is 4.28. The second-order valence-electron chi connectivity index (χ2n) is 2.70. The van der Waals surface area contributed by atoms with E-state index >= 15 is 0 Å². The molecule has 0 bridgehead atoms. The Hall–Kier alpha value is -1.58. The summed E-state index contributed by atoms with van der Waals surface area (Å²) >= 11 is 0. The maximum absolute atomic E-state index is 10.8. The highest BCUT2D eigenvalue weighted by Crippen LogP contribution is 2.13. The maximum Gasteiger partial charge on any atom is 0.385 e. The maximum atomic E-state index is 10.8. The number of carbonyl (C=O) groups excluding carboxylic acids is 2. The van der Waals surface area contributed by atoms with Crippen molar-refractivity contribution in [1.29, 1.82) is 0 Å². The summed E-state index contributed by atoms with van der Waals surface area (Å²) in [5.41, 5.74) is 0.0164. The SMILES string of the molecule is C=CC(=O)OC(C)=C(CCC)C([O])=O. The fourth-order valence-electron chi connectivity index (χ4n) is 0.926. The molecule has 0 atom stereocenters. The molecule has 0 aliphatic carbocycles. The molecule has 0 heterocycles. The zero-order chi connectivity index (χ0) is 11.1. The van der Waals surface area contributed by atoms with Crippen molar-refractivity contribution < 1.29 is 19.4 Å². The molecule has 4 nitrogen and oxygen atoms in total. The minimum Gasteiger partial charge on any atom is -0.428 e. The van der Waals surface area contributed by atoms with E-state index in [9.17, 15) is 14.7 Å². The van der Waals surface area contributed by atoms with Crippen LogP contribution in [-0.2, 0) is 19.4 Å². The van der Waals surface area contributed by atoms with Crippen molar-refractivity contribution in [1.82, 2.24) is 0 Å². The monoisotopic (exact) mass is 197 g/mol. The first-order chi connectivity index (χ1) is 6.52. The van der Waals surface area contributed by atoms with Gasteiger partial charge in [0.1, 0.15) is 5.76 Å². The van der Waals surface area contributed by atoms with Gasteiger partial charge >= 0.3 is 11.9 Å². The fraction of sp³-hybridized carbons (Fsp3) is 0.400. The molecule has 0 aliphatic heterocycles. The molecule has 14 heavy (non-hydrogen) atoms. The molecule has 0 rings (SSSR count). The Morgan fingerprint density at radius 1 is 1.43 bits per heavy atom. The Kier molecular flexibility index (Phi) is 5.29. The van der Waals surface area contributed by atoms with Gasteiger partial charge in [-0.2, -0.15) is 0 Å². The molecule has 0 spiro atoms. The summed E-state index contributed by atoms with van der Waals surface area (Å²) in [5, 5.41) is 10.6. The van der Waals surface area contributed by atoms with Crippen LogP contribution in [0.15, 0.2) is 24.0 Å². The third-order valence-corrected chi connectivity index (χ3v) is 1.59. The smallest absolute Gasteiger partial charge is 0.385 e. The van der Waals surface area contributed by atoms with Gasteiger partial charge in [-0.05, 0) is 13.3 Å². The van der Waals surface area contributed by atoms with E-state index in [1.807, 2.05) is 6.92 Å². The van der Waals surface area contributed by atoms with E-state index in [4.69, 9.17) is 0 Å². The molecular formula is C10H13O4. The highest BCUT2D eigenvalue weighted by molar-refractivity contribution is 5.88. The summed E-state index contributed by atoms with van der Waals surface area (Å²) < 4.78 is 4.68. The van der Waals surface area contributed by atoms with Gasteiger partial charge in [-0.3, -0.25) is 0 Å². The second-order valence-corrected chi connectivity index (χ2v) is 2.70. The van der Waals surface area contributed by atoms with Crippen LogP contribution >= 0.6 is 0 Å². The van der Waals surface area contributed by atoms with E-state index in [-0.39, 0.29) is 11.3 Å². The van der Waals surface area contributed by atoms with Crippen molar-refractivity contribution in [3.05, 3.63) is 24.0 Å². The average Bonchev–Trinajstić information content (AvgIpc) is 2.13. The second kappa shape index (κ2) is 5.96. The molecule has 0 N–H and O–H groups in total. The van der Waals surface area contributed by atoms with Crippen molar-refractivity contribution in [3.63, 3.8) is 0 Å². The molecule has 0 fully saturated rings. The Morgan fingerprint density at radius 2 is 2.00 bits per heavy atom. The van der Waals surface area contributed by atoms with Crippen LogP contribution in [0, 0.1) is 0 Å². The van der Waals surface area contributed by atoms with Crippen LogP contribution in [0.4, 0.5) is 0 Å². The predicted octanol–water partition coefficient (Wildman–Crippen LogP) is 1.75. The fourth-order valence-corrected chi connectivity index (χ4v) is 0.926. The van der Waals surface area contributed by atoms with E-state index in [0.717, 1.165) is 6.08 Å². The lowest BCUT2D eigenvalue weighted by atomic mass is 10.1. The lowest BCUT2D eigenvalue weighted by molar-refractivity contribution is -0.139. The summed E-state index contributed by atoms with van der Waals surface area (Å²) in [7, 11) is 0. The van der Waals surface area contributed by atoms with Crippen LogP contribution in [0.5, 0.6) is 0 Å². The Balaban J connectivity index is 4.71.